The molecule has 1 unspecified atom stereocenters. The molecule has 2 aliphatic rings. The Morgan fingerprint density at radius 1 is 1.18 bits per heavy atom. The van der Waals surface area contributed by atoms with E-state index in [-0.39, 0.29) is 11.0 Å². The lowest BCUT2D eigenvalue weighted by atomic mass is 9.77. The van der Waals surface area contributed by atoms with E-state index in [0.717, 1.165) is 55.6 Å². The van der Waals surface area contributed by atoms with Crippen molar-refractivity contribution >= 4 is 11.8 Å². The lowest BCUT2D eigenvalue weighted by Gasteiger charge is -2.40. The van der Waals surface area contributed by atoms with Crippen LogP contribution in [0.3, 0.4) is 0 Å². The molecule has 0 aromatic carbocycles. The van der Waals surface area contributed by atoms with Crippen LogP contribution in [0.4, 0.5) is 11.8 Å². The maximum absolute atomic E-state index is 12.8. The van der Waals surface area contributed by atoms with E-state index in [0.29, 0.717) is 17.6 Å². The summed E-state index contributed by atoms with van der Waals surface area (Å²) in [6.07, 6.45) is 8.77. The van der Waals surface area contributed by atoms with Crippen LogP contribution in [0.2, 0.25) is 0 Å². The molecule has 1 aliphatic heterocycles. The number of nitrogens with zero attached hydrogens (tertiary/aromatic N) is 5. The van der Waals surface area contributed by atoms with Gasteiger partial charge in [-0.25, -0.2) is 9.97 Å². The van der Waals surface area contributed by atoms with Crippen molar-refractivity contribution in [2.45, 2.75) is 31.1 Å². The average molecular weight is 375 g/mol. The SMILES string of the molecule is Nc1ccnc(N2CCCC3(CCc4c3nc(-c3cccnc3)[nH]c4=O)C2)n1. The Balaban J connectivity index is 1.56. The summed E-state index contributed by atoms with van der Waals surface area (Å²) in [7, 11) is 0. The van der Waals surface area contributed by atoms with Gasteiger partial charge in [0.2, 0.25) is 5.95 Å². The summed E-state index contributed by atoms with van der Waals surface area (Å²) in [5.74, 6) is 1.69. The van der Waals surface area contributed by atoms with Gasteiger partial charge in [0, 0.05) is 48.2 Å². The molecule has 3 aromatic heterocycles. The van der Waals surface area contributed by atoms with Gasteiger partial charge in [-0.2, -0.15) is 4.98 Å². The number of nitrogens with one attached hydrogen (secondary N) is 1. The molecule has 5 rings (SSSR count). The van der Waals surface area contributed by atoms with Crippen molar-refractivity contribution in [3.05, 3.63) is 58.4 Å². The van der Waals surface area contributed by atoms with E-state index in [1.807, 2.05) is 12.1 Å². The van der Waals surface area contributed by atoms with E-state index in [1.54, 1.807) is 24.7 Å². The summed E-state index contributed by atoms with van der Waals surface area (Å²) in [4.78, 5) is 35.7. The Kier molecular flexibility index (Phi) is 3.85. The van der Waals surface area contributed by atoms with Gasteiger partial charge in [-0.15, -0.1) is 0 Å². The molecule has 1 spiro atoms. The highest BCUT2D eigenvalue weighted by molar-refractivity contribution is 5.54. The molecular formula is C20H21N7O. The van der Waals surface area contributed by atoms with Gasteiger partial charge in [0.15, 0.2) is 0 Å². The first-order chi connectivity index (χ1) is 13.6. The number of nitrogen functional groups attached to an aromatic ring is 1. The zero-order chi connectivity index (χ0) is 19.1. The van der Waals surface area contributed by atoms with Crippen LogP contribution in [-0.4, -0.2) is 38.0 Å². The van der Waals surface area contributed by atoms with Gasteiger partial charge in [0.25, 0.3) is 5.56 Å². The molecule has 1 atom stereocenters. The zero-order valence-corrected chi connectivity index (χ0v) is 15.4. The van der Waals surface area contributed by atoms with Crippen LogP contribution in [0.5, 0.6) is 0 Å². The van der Waals surface area contributed by atoms with Gasteiger partial charge in [-0.3, -0.25) is 9.78 Å². The minimum absolute atomic E-state index is 0.0435. The van der Waals surface area contributed by atoms with Gasteiger partial charge in [-0.1, -0.05) is 0 Å². The molecule has 1 fully saturated rings. The monoisotopic (exact) mass is 375 g/mol. The smallest absolute Gasteiger partial charge is 0.254 e. The Hall–Kier alpha value is -3.29. The molecule has 28 heavy (non-hydrogen) atoms. The predicted molar refractivity (Wildman–Crippen MR) is 106 cm³/mol. The lowest BCUT2D eigenvalue weighted by Crippen LogP contribution is -2.46. The van der Waals surface area contributed by atoms with Crippen LogP contribution in [0.15, 0.2) is 41.6 Å². The topological polar surface area (TPSA) is 114 Å². The quantitative estimate of drug-likeness (QED) is 0.700. The number of hydrogen-bond acceptors (Lipinski definition) is 7. The number of nitrogens with two attached hydrogens (primary N) is 1. The third-order valence-corrected chi connectivity index (χ3v) is 5.83. The predicted octanol–water partition coefficient (Wildman–Crippen LogP) is 1.69. The van der Waals surface area contributed by atoms with Crippen molar-refractivity contribution in [3.63, 3.8) is 0 Å². The van der Waals surface area contributed by atoms with Gasteiger partial charge in [0.1, 0.15) is 11.6 Å². The molecule has 0 bridgehead atoms. The average Bonchev–Trinajstić information content (AvgIpc) is 3.07. The minimum Gasteiger partial charge on any atom is -0.384 e. The first kappa shape index (κ1) is 16.9. The second-order valence-electron chi connectivity index (χ2n) is 7.57. The minimum atomic E-state index is -0.160. The maximum atomic E-state index is 12.8. The van der Waals surface area contributed by atoms with Gasteiger partial charge in [-0.05, 0) is 43.9 Å². The third-order valence-electron chi connectivity index (χ3n) is 5.83. The Morgan fingerprint density at radius 3 is 2.93 bits per heavy atom. The number of aromatic amines is 1. The van der Waals surface area contributed by atoms with Crippen LogP contribution in [0.1, 0.15) is 30.5 Å². The molecule has 0 amide bonds. The van der Waals surface area contributed by atoms with Gasteiger partial charge >= 0.3 is 0 Å². The van der Waals surface area contributed by atoms with Crippen LogP contribution in [0.25, 0.3) is 11.4 Å². The van der Waals surface area contributed by atoms with Crippen molar-refractivity contribution in [3.8, 4) is 11.4 Å². The fourth-order valence-electron chi connectivity index (χ4n) is 4.50. The fourth-order valence-corrected chi connectivity index (χ4v) is 4.50. The summed E-state index contributed by atoms with van der Waals surface area (Å²) in [6, 6.07) is 5.44. The largest absolute Gasteiger partial charge is 0.384 e. The Morgan fingerprint density at radius 2 is 2.11 bits per heavy atom. The van der Waals surface area contributed by atoms with Crippen LogP contribution in [0, 0.1) is 0 Å². The van der Waals surface area contributed by atoms with Gasteiger partial charge in [0.05, 0.1) is 5.69 Å². The van der Waals surface area contributed by atoms with Crippen LogP contribution < -0.4 is 16.2 Å². The summed E-state index contributed by atoms with van der Waals surface area (Å²) in [6.45, 7) is 1.62. The first-order valence-corrected chi connectivity index (χ1v) is 9.52. The number of fused-ring (bicyclic) bond motifs is 2. The number of H-pyrrole nitrogens is 1. The van der Waals surface area contributed by atoms with E-state index in [2.05, 4.69) is 24.8 Å². The summed E-state index contributed by atoms with van der Waals surface area (Å²) in [5, 5.41) is 0. The molecule has 3 N–H and O–H groups in total. The first-order valence-electron chi connectivity index (χ1n) is 9.52. The Bertz CT molecular complexity index is 1080. The summed E-state index contributed by atoms with van der Waals surface area (Å²) >= 11 is 0. The van der Waals surface area contributed by atoms with Crippen molar-refractivity contribution in [2.24, 2.45) is 0 Å². The van der Waals surface area contributed by atoms with E-state index < -0.39 is 0 Å². The molecule has 142 valence electrons. The Labute approximate surface area is 161 Å². The van der Waals surface area contributed by atoms with Crippen molar-refractivity contribution in [1.29, 1.82) is 0 Å². The molecule has 4 heterocycles. The molecule has 1 aliphatic carbocycles. The lowest BCUT2D eigenvalue weighted by molar-refractivity contribution is 0.332. The molecule has 3 aromatic rings. The summed E-state index contributed by atoms with van der Waals surface area (Å²) < 4.78 is 0. The number of piperidine rings is 1. The third kappa shape index (κ3) is 2.72. The maximum Gasteiger partial charge on any atom is 0.254 e. The van der Waals surface area contributed by atoms with E-state index in [1.165, 1.54) is 0 Å². The summed E-state index contributed by atoms with van der Waals surface area (Å²) in [5.41, 5.74) is 8.19. The fraction of sp³-hybridized carbons (Fsp3) is 0.350. The van der Waals surface area contributed by atoms with Crippen molar-refractivity contribution in [2.75, 3.05) is 23.7 Å². The number of aromatic nitrogens is 5. The molecular weight excluding hydrogens is 354 g/mol. The van der Waals surface area contributed by atoms with Crippen LogP contribution in [-0.2, 0) is 11.8 Å². The van der Waals surface area contributed by atoms with E-state index in [9.17, 15) is 4.79 Å². The molecule has 8 nitrogen and oxygen atoms in total. The van der Waals surface area contributed by atoms with E-state index >= 15 is 0 Å². The number of pyridine rings is 1. The number of anilines is 2. The molecule has 1 saturated heterocycles. The van der Waals surface area contributed by atoms with Crippen molar-refractivity contribution < 1.29 is 0 Å². The van der Waals surface area contributed by atoms with E-state index in [4.69, 9.17) is 10.7 Å². The highest BCUT2D eigenvalue weighted by Gasteiger charge is 2.45. The number of rotatable bonds is 2. The highest BCUT2D eigenvalue weighted by atomic mass is 16.1. The second kappa shape index (κ2) is 6.40. The molecule has 0 saturated carbocycles. The van der Waals surface area contributed by atoms with Crippen LogP contribution >= 0.6 is 0 Å². The normalized spacial score (nSPS) is 21.1. The standard InChI is InChI=1S/C20H21N7O/c21-15-5-9-23-19(24-15)27-10-2-6-20(12-27)7-4-14-16(20)25-17(26-18(14)28)13-3-1-8-22-11-13/h1,3,5,8-9,11H,2,4,6-7,10,12H2,(H2,21,23,24)(H,25,26,28). The highest BCUT2D eigenvalue weighted by Crippen LogP contribution is 2.43. The molecule has 8 heteroatoms. The zero-order valence-electron chi connectivity index (χ0n) is 15.4. The molecule has 0 radical (unpaired) electrons. The second-order valence-corrected chi connectivity index (χ2v) is 7.57. The van der Waals surface area contributed by atoms with Gasteiger partial charge < -0.3 is 15.6 Å². The van der Waals surface area contributed by atoms with Crippen molar-refractivity contribution in [1.82, 2.24) is 24.9 Å². The number of hydrogen-bond donors (Lipinski definition) is 2.